The molecule has 3 rings (SSSR count). The first kappa shape index (κ1) is 18.9. The second-order valence-electron chi connectivity index (χ2n) is 5.77. The molecule has 8 heteroatoms. The Morgan fingerprint density at radius 3 is 2.81 bits per heavy atom. The van der Waals surface area contributed by atoms with Crippen LogP contribution in [-0.4, -0.2) is 21.9 Å². The van der Waals surface area contributed by atoms with Crippen molar-refractivity contribution in [1.82, 2.24) is 10.2 Å². The Kier molecular flexibility index (Phi) is 6.08. The lowest BCUT2D eigenvalue weighted by Gasteiger charge is -2.08. The molecule has 6 nitrogen and oxygen atoms in total. The average Bonchev–Trinajstić information content (AvgIpc) is 3.11. The molecule has 0 aliphatic heterocycles. The molecular weight excluding hydrogens is 369 g/mol. The molecule has 0 spiro atoms. The molecule has 0 fully saturated rings. The van der Waals surface area contributed by atoms with Crippen molar-refractivity contribution in [2.45, 2.75) is 25.7 Å². The standard InChI is InChI=1S/C19H18FN3O3S/c1-12-6-5-9-16(13(12)2)25-10-18-22-23-19(26-18)27-11-17(24)21-15-8-4-3-7-14(15)20/h3-9H,10-11H2,1-2H3,(H,21,24). The van der Waals surface area contributed by atoms with Gasteiger partial charge in [0.1, 0.15) is 11.6 Å². The van der Waals surface area contributed by atoms with E-state index in [2.05, 4.69) is 15.5 Å². The van der Waals surface area contributed by atoms with Crippen molar-refractivity contribution in [3.63, 3.8) is 0 Å². The fraction of sp³-hybridized carbons (Fsp3) is 0.211. The summed E-state index contributed by atoms with van der Waals surface area (Å²) in [6.45, 7) is 4.13. The van der Waals surface area contributed by atoms with Crippen molar-refractivity contribution in [3.8, 4) is 5.75 Å². The molecule has 0 saturated heterocycles. The fourth-order valence-corrected chi connectivity index (χ4v) is 2.83. The van der Waals surface area contributed by atoms with Gasteiger partial charge in [0, 0.05) is 0 Å². The number of nitrogens with zero attached hydrogens (tertiary/aromatic N) is 2. The molecular formula is C19H18FN3O3S. The van der Waals surface area contributed by atoms with Gasteiger partial charge in [-0.25, -0.2) is 4.39 Å². The number of nitrogens with one attached hydrogen (secondary N) is 1. The van der Waals surface area contributed by atoms with E-state index in [1.807, 2.05) is 32.0 Å². The van der Waals surface area contributed by atoms with E-state index in [1.165, 1.54) is 12.1 Å². The molecule has 1 amide bonds. The molecule has 0 radical (unpaired) electrons. The van der Waals surface area contributed by atoms with Gasteiger partial charge in [0.15, 0.2) is 6.61 Å². The molecule has 0 atom stereocenters. The Balaban J connectivity index is 1.50. The minimum Gasteiger partial charge on any atom is -0.484 e. The SMILES string of the molecule is Cc1cccc(OCc2nnc(SCC(=O)Nc3ccccc3F)o2)c1C. The average molecular weight is 387 g/mol. The van der Waals surface area contributed by atoms with E-state index in [4.69, 9.17) is 9.15 Å². The molecule has 0 unspecified atom stereocenters. The number of carbonyl (C=O) groups excluding carboxylic acids is 1. The lowest BCUT2D eigenvalue weighted by Crippen LogP contribution is -2.14. The van der Waals surface area contributed by atoms with E-state index in [9.17, 15) is 9.18 Å². The van der Waals surface area contributed by atoms with Gasteiger partial charge in [0.2, 0.25) is 5.91 Å². The largest absolute Gasteiger partial charge is 0.484 e. The van der Waals surface area contributed by atoms with Crippen molar-refractivity contribution in [2.75, 3.05) is 11.1 Å². The summed E-state index contributed by atoms with van der Waals surface area (Å²) in [5, 5.41) is 10.5. The lowest BCUT2D eigenvalue weighted by molar-refractivity contribution is -0.113. The predicted molar refractivity (Wildman–Crippen MR) is 100 cm³/mol. The van der Waals surface area contributed by atoms with Gasteiger partial charge >= 0.3 is 0 Å². The Morgan fingerprint density at radius 1 is 1.19 bits per heavy atom. The lowest BCUT2D eigenvalue weighted by atomic mass is 10.1. The summed E-state index contributed by atoms with van der Waals surface area (Å²) in [4.78, 5) is 11.9. The normalized spacial score (nSPS) is 10.6. The monoisotopic (exact) mass is 387 g/mol. The number of hydrogen-bond acceptors (Lipinski definition) is 6. The highest BCUT2D eigenvalue weighted by molar-refractivity contribution is 7.99. The van der Waals surface area contributed by atoms with E-state index in [0.29, 0.717) is 5.89 Å². The van der Waals surface area contributed by atoms with Crippen LogP contribution in [0.25, 0.3) is 0 Å². The van der Waals surface area contributed by atoms with Gasteiger partial charge in [-0.15, -0.1) is 10.2 Å². The van der Waals surface area contributed by atoms with Crippen LogP contribution in [0.5, 0.6) is 5.75 Å². The summed E-state index contributed by atoms with van der Waals surface area (Å²) < 4.78 is 24.7. The molecule has 1 N–H and O–H groups in total. The molecule has 140 valence electrons. The third-order valence-electron chi connectivity index (χ3n) is 3.83. The van der Waals surface area contributed by atoms with Gasteiger partial charge in [-0.1, -0.05) is 36.0 Å². The number of anilines is 1. The number of hydrogen-bond donors (Lipinski definition) is 1. The van der Waals surface area contributed by atoms with Crippen molar-refractivity contribution in [1.29, 1.82) is 0 Å². The van der Waals surface area contributed by atoms with Gasteiger partial charge < -0.3 is 14.5 Å². The van der Waals surface area contributed by atoms with Crippen molar-refractivity contribution < 1.29 is 18.3 Å². The number of para-hydroxylation sites is 1. The maximum absolute atomic E-state index is 13.5. The van der Waals surface area contributed by atoms with Crippen LogP contribution in [0.1, 0.15) is 17.0 Å². The van der Waals surface area contributed by atoms with Crippen LogP contribution in [-0.2, 0) is 11.4 Å². The summed E-state index contributed by atoms with van der Waals surface area (Å²) in [5.41, 5.74) is 2.32. The Hall–Kier alpha value is -2.87. The van der Waals surface area contributed by atoms with Crippen LogP contribution in [0.3, 0.4) is 0 Å². The van der Waals surface area contributed by atoms with E-state index >= 15 is 0 Å². The zero-order valence-corrected chi connectivity index (χ0v) is 15.7. The van der Waals surface area contributed by atoms with Crippen molar-refractivity contribution in [3.05, 3.63) is 65.3 Å². The number of amides is 1. The van der Waals surface area contributed by atoms with E-state index < -0.39 is 5.82 Å². The van der Waals surface area contributed by atoms with Crippen LogP contribution in [0, 0.1) is 19.7 Å². The first-order valence-electron chi connectivity index (χ1n) is 8.21. The number of benzene rings is 2. The minimum absolute atomic E-state index is 0.0216. The molecule has 0 saturated carbocycles. The summed E-state index contributed by atoms with van der Waals surface area (Å²) in [6.07, 6.45) is 0. The zero-order chi connectivity index (χ0) is 19.2. The van der Waals surface area contributed by atoms with Gasteiger partial charge in [0.25, 0.3) is 11.1 Å². The van der Waals surface area contributed by atoms with Gasteiger partial charge in [0.05, 0.1) is 11.4 Å². The zero-order valence-electron chi connectivity index (χ0n) is 14.9. The summed E-state index contributed by atoms with van der Waals surface area (Å²) in [6, 6.07) is 11.8. The van der Waals surface area contributed by atoms with Crippen LogP contribution in [0.15, 0.2) is 52.1 Å². The molecule has 0 bridgehead atoms. The highest BCUT2D eigenvalue weighted by Gasteiger charge is 2.12. The third kappa shape index (κ3) is 5.07. The van der Waals surface area contributed by atoms with Crippen LogP contribution in [0.4, 0.5) is 10.1 Å². The molecule has 0 aliphatic rings. The Bertz CT molecular complexity index is 945. The van der Waals surface area contributed by atoms with E-state index in [1.54, 1.807) is 12.1 Å². The van der Waals surface area contributed by atoms with Crippen molar-refractivity contribution in [2.24, 2.45) is 0 Å². The molecule has 1 heterocycles. The quantitative estimate of drug-likeness (QED) is 0.614. The molecule has 2 aromatic carbocycles. The van der Waals surface area contributed by atoms with Gasteiger partial charge in [-0.2, -0.15) is 0 Å². The number of ether oxygens (including phenoxy) is 1. The molecule has 27 heavy (non-hydrogen) atoms. The minimum atomic E-state index is -0.487. The Labute approximate surface area is 160 Å². The smallest absolute Gasteiger partial charge is 0.277 e. The number of halogens is 1. The van der Waals surface area contributed by atoms with E-state index in [0.717, 1.165) is 28.6 Å². The second kappa shape index (κ2) is 8.68. The fourth-order valence-electron chi connectivity index (χ4n) is 2.25. The van der Waals surface area contributed by atoms with E-state index in [-0.39, 0.29) is 29.2 Å². The number of aromatic nitrogens is 2. The van der Waals surface area contributed by atoms with Crippen LogP contribution >= 0.6 is 11.8 Å². The molecule has 1 aromatic heterocycles. The van der Waals surface area contributed by atoms with Crippen LogP contribution in [0.2, 0.25) is 0 Å². The number of carbonyl (C=O) groups is 1. The number of rotatable bonds is 7. The second-order valence-corrected chi connectivity index (χ2v) is 6.69. The highest BCUT2D eigenvalue weighted by Crippen LogP contribution is 2.22. The number of thioether (sulfide) groups is 1. The van der Waals surface area contributed by atoms with Gasteiger partial charge in [-0.05, 0) is 43.2 Å². The summed E-state index contributed by atoms with van der Waals surface area (Å²) in [7, 11) is 0. The first-order valence-corrected chi connectivity index (χ1v) is 9.20. The third-order valence-corrected chi connectivity index (χ3v) is 4.65. The summed E-state index contributed by atoms with van der Waals surface area (Å²) >= 11 is 1.07. The Morgan fingerprint density at radius 2 is 2.00 bits per heavy atom. The molecule has 3 aromatic rings. The van der Waals surface area contributed by atoms with Gasteiger partial charge in [-0.3, -0.25) is 4.79 Å². The molecule has 0 aliphatic carbocycles. The predicted octanol–water partition coefficient (Wildman–Crippen LogP) is 4.14. The van der Waals surface area contributed by atoms with Crippen molar-refractivity contribution >= 4 is 23.4 Å². The first-order chi connectivity index (χ1) is 13.0. The maximum Gasteiger partial charge on any atom is 0.277 e. The van der Waals surface area contributed by atoms with Crippen LogP contribution < -0.4 is 10.1 Å². The number of aryl methyl sites for hydroxylation is 1. The summed E-state index contributed by atoms with van der Waals surface area (Å²) in [5.74, 6) is 0.240. The highest BCUT2D eigenvalue weighted by atomic mass is 32.2. The maximum atomic E-state index is 13.5. The topological polar surface area (TPSA) is 77.2 Å².